The molecule has 5 nitrogen and oxygen atoms in total. The van der Waals surface area contributed by atoms with Crippen molar-refractivity contribution in [2.45, 2.75) is 13.1 Å². The van der Waals surface area contributed by atoms with Gasteiger partial charge in [0.1, 0.15) is 11.6 Å². The SMILES string of the molecule is O=C1NCc2c(N3CCNCC3)cccc2N1Cc1c(F)cccc1F. The molecule has 0 atom stereocenters. The largest absolute Gasteiger partial charge is 0.369 e. The van der Waals surface area contributed by atoms with Crippen LogP contribution < -0.4 is 20.4 Å². The van der Waals surface area contributed by atoms with Gasteiger partial charge in [0.2, 0.25) is 0 Å². The van der Waals surface area contributed by atoms with E-state index in [1.165, 1.54) is 23.1 Å². The molecule has 0 radical (unpaired) electrons. The van der Waals surface area contributed by atoms with Crippen molar-refractivity contribution in [2.75, 3.05) is 36.0 Å². The summed E-state index contributed by atoms with van der Waals surface area (Å²) in [6.07, 6.45) is 0. The number of nitrogens with zero attached hydrogens (tertiary/aromatic N) is 2. The van der Waals surface area contributed by atoms with Crippen LogP contribution in [0.4, 0.5) is 25.0 Å². The van der Waals surface area contributed by atoms with Crippen LogP contribution in [0.5, 0.6) is 0 Å². The minimum absolute atomic E-state index is 0.108. The van der Waals surface area contributed by atoms with E-state index in [1.807, 2.05) is 18.2 Å². The van der Waals surface area contributed by atoms with Gasteiger partial charge in [-0.3, -0.25) is 4.90 Å². The number of piperazine rings is 1. The number of rotatable bonds is 3. The Hall–Kier alpha value is -2.67. The third kappa shape index (κ3) is 2.99. The normalized spacial score (nSPS) is 17.1. The molecule has 0 aromatic heterocycles. The molecule has 0 saturated carbocycles. The van der Waals surface area contributed by atoms with Crippen molar-refractivity contribution >= 4 is 17.4 Å². The molecule has 1 saturated heterocycles. The lowest BCUT2D eigenvalue weighted by molar-refractivity contribution is 0.244. The third-order valence-corrected chi connectivity index (χ3v) is 4.91. The fraction of sp³-hybridized carbons (Fsp3) is 0.316. The zero-order valence-electron chi connectivity index (χ0n) is 14.3. The van der Waals surface area contributed by atoms with Crippen molar-refractivity contribution in [3.8, 4) is 0 Å². The predicted molar refractivity (Wildman–Crippen MR) is 96.3 cm³/mol. The summed E-state index contributed by atoms with van der Waals surface area (Å²) in [5.41, 5.74) is 2.63. The molecule has 2 aromatic carbocycles. The Morgan fingerprint density at radius 3 is 2.35 bits per heavy atom. The van der Waals surface area contributed by atoms with E-state index < -0.39 is 11.6 Å². The number of halogens is 2. The van der Waals surface area contributed by atoms with Gasteiger partial charge in [-0.1, -0.05) is 12.1 Å². The molecule has 2 aliphatic heterocycles. The minimum atomic E-state index is -0.650. The molecule has 2 heterocycles. The van der Waals surface area contributed by atoms with Crippen molar-refractivity contribution in [1.29, 1.82) is 0 Å². The summed E-state index contributed by atoms with van der Waals surface area (Å²) in [7, 11) is 0. The Morgan fingerprint density at radius 1 is 0.962 bits per heavy atom. The molecule has 0 unspecified atom stereocenters. The highest BCUT2D eigenvalue weighted by atomic mass is 19.1. The first-order chi connectivity index (χ1) is 12.6. The second-order valence-electron chi connectivity index (χ2n) is 6.46. The van der Waals surface area contributed by atoms with Gasteiger partial charge in [-0.25, -0.2) is 13.6 Å². The monoisotopic (exact) mass is 358 g/mol. The second-order valence-corrected chi connectivity index (χ2v) is 6.46. The van der Waals surface area contributed by atoms with E-state index in [0.29, 0.717) is 12.2 Å². The number of anilines is 2. The van der Waals surface area contributed by atoms with Gasteiger partial charge < -0.3 is 15.5 Å². The van der Waals surface area contributed by atoms with Crippen LogP contribution in [0.25, 0.3) is 0 Å². The third-order valence-electron chi connectivity index (χ3n) is 4.91. The average molecular weight is 358 g/mol. The summed E-state index contributed by atoms with van der Waals surface area (Å²) < 4.78 is 28.1. The van der Waals surface area contributed by atoms with Gasteiger partial charge in [-0.05, 0) is 24.3 Å². The van der Waals surface area contributed by atoms with Gasteiger partial charge in [-0.2, -0.15) is 0 Å². The quantitative estimate of drug-likeness (QED) is 0.887. The number of benzene rings is 2. The highest BCUT2D eigenvalue weighted by Crippen LogP contribution is 2.34. The zero-order chi connectivity index (χ0) is 18.1. The molecule has 1 fully saturated rings. The number of hydrogen-bond donors (Lipinski definition) is 2. The van der Waals surface area contributed by atoms with Gasteiger partial charge in [-0.15, -0.1) is 0 Å². The number of carbonyl (C=O) groups excluding carboxylic acids is 1. The van der Waals surface area contributed by atoms with Gasteiger partial charge in [0.25, 0.3) is 0 Å². The molecule has 4 rings (SSSR count). The molecular weight excluding hydrogens is 338 g/mol. The van der Waals surface area contributed by atoms with Crippen LogP contribution in [0.1, 0.15) is 11.1 Å². The maximum Gasteiger partial charge on any atom is 0.322 e. The number of carbonyl (C=O) groups is 1. The first-order valence-electron chi connectivity index (χ1n) is 8.71. The molecule has 2 N–H and O–H groups in total. The first-order valence-corrected chi connectivity index (χ1v) is 8.71. The molecule has 26 heavy (non-hydrogen) atoms. The Labute approximate surface area is 150 Å². The Morgan fingerprint density at radius 2 is 1.62 bits per heavy atom. The summed E-state index contributed by atoms with van der Waals surface area (Å²) in [5.74, 6) is -1.30. The molecule has 2 aromatic rings. The van der Waals surface area contributed by atoms with Crippen LogP contribution in [0.15, 0.2) is 36.4 Å². The number of amides is 2. The summed E-state index contributed by atoms with van der Waals surface area (Å²) >= 11 is 0. The van der Waals surface area contributed by atoms with Crippen LogP contribution in [-0.4, -0.2) is 32.2 Å². The predicted octanol–water partition coefficient (Wildman–Crippen LogP) is 2.60. The maximum absolute atomic E-state index is 14.1. The van der Waals surface area contributed by atoms with Crippen LogP contribution in [0.2, 0.25) is 0 Å². The number of urea groups is 1. The van der Waals surface area contributed by atoms with E-state index in [1.54, 1.807) is 0 Å². The summed E-state index contributed by atoms with van der Waals surface area (Å²) in [6, 6.07) is 9.14. The highest BCUT2D eigenvalue weighted by molar-refractivity contribution is 5.96. The van der Waals surface area contributed by atoms with Crippen LogP contribution >= 0.6 is 0 Å². The Bertz CT molecular complexity index is 816. The lowest BCUT2D eigenvalue weighted by Crippen LogP contribution is -2.47. The summed E-state index contributed by atoms with van der Waals surface area (Å²) in [4.78, 5) is 16.1. The van der Waals surface area contributed by atoms with Crippen LogP contribution in [0.3, 0.4) is 0 Å². The number of hydrogen-bond acceptors (Lipinski definition) is 3. The molecule has 7 heteroatoms. The molecule has 0 aliphatic carbocycles. The molecule has 136 valence electrons. The van der Waals surface area contributed by atoms with Crippen molar-refractivity contribution in [1.82, 2.24) is 10.6 Å². The van der Waals surface area contributed by atoms with E-state index in [9.17, 15) is 13.6 Å². The van der Waals surface area contributed by atoms with Crippen molar-refractivity contribution in [3.63, 3.8) is 0 Å². The van der Waals surface area contributed by atoms with Gasteiger partial charge in [0, 0.05) is 49.5 Å². The fourth-order valence-electron chi connectivity index (χ4n) is 3.57. The maximum atomic E-state index is 14.1. The molecule has 0 spiro atoms. The van der Waals surface area contributed by atoms with Gasteiger partial charge in [0.05, 0.1) is 12.2 Å². The lowest BCUT2D eigenvalue weighted by atomic mass is 10.0. The Balaban J connectivity index is 1.71. The van der Waals surface area contributed by atoms with Gasteiger partial charge >= 0.3 is 6.03 Å². The molecule has 0 bridgehead atoms. The molecule has 2 amide bonds. The second kappa shape index (κ2) is 6.92. The van der Waals surface area contributed by atoms with E-state index in [0.717, 1.165) is 37.4 Å². The molecular formula is C19H20F2N4O. The van der Waals surface area contributed by atoms with Crippen LogP contribution in [0, 0.1) is 11.6 Å². The topological polar surface area (TPSA) is 47.6 Å². The van der Waals surface area contributed by atoms with Crippen LogP contribution in [-0.2, 0) is 13.1 Å². The van der Waals surface area contributed by atoms with Crippen molar-refractivity contribution < 1.29 is 13.6 Å². The van der Waals surface area contributed by atoms with E-state index in [-0.39, 0.29) is 18.1 Å². The number of nitrogens with one attached hydrogen (secondary N) is 2. The van der Waals surface area contributed by atoms with Crippen molar-refractivity contribution in [3.05, 3.63) is 59.2 Å². The Kier molecular flexibility index (Phi) is 4.46. The fourth-order valence-corrected chi connectivity index (χ4v) is 3.57. The molecule has 2 aliphatic rings. The lowest BCUT2D eigenvalue weighted by Gasteiger charge is -2.36. The zero-order valence-corrected chi connectivity index (χ0v) is 14.3. The minimum Gasteiger partial charge on any atom is -0.369 e. The van der Waals surface area contributed by atoms with E-state index in [4.69, 9.17) is 0 Å². The first kappa shape index (κ1) is 16.8. The summed E-state index contributed by atoms with van der Waals surface area (Å²) in [6.45, 7) is 3.83. The average Bonchev–Trinajstić information content (AvgIpc) is 2.66. The standard InChI is InChI=1S/C19H20F2N4O/c20-15-3-1-4-16(21)14(15)12-25-18-6-2-5-17(13(18)11-23-19(25)26)24-9-7-22-8-10-24/h1-6,22H,7-12H2,(H,23,26). The van der Waals surface area contributed by atoms with Gasteiger partial charge in [0.15, 0.2) is 0 Å². The van der Waals surface area contributed by atoms with Crippen molar-refractivity contribution in [2.24, 2.45) is 0 Å². The van der Waals surface area contributed by atoms with E-state index in [2.05, 4.69) is 15.5 Å². The smallest absolute Gasteiger partial charge is 0.322 e. The number of fused-ring (bicyclic) bond motifs is 1. The summed E-state index contributed by atoms with van der Waals surface area (Å²) in [5, 5.41) is 6.15. The highest BCUT2D eigenvalue weighted by Gasteiger charge is 2.28. The van der Waals surface area contributed by atoms with E-state index >= 15 is 0 Å².